The predicted octanol–water partition coefficient (Wildman–Crippen LogP) is 7.19. The molecule has 10 rings (SSSR count). The van der Waals surface area contributed by atoms with Crippen molar-refractivity contribution in [1.82, 2.24) is 43.9 Å². The van der Waals surface area contributed by atoms with Gasteiger partial charge < -0.3 is 39.4 Å². The van der Waals surface area contributed by atoms with E-state index in [0.717, 1.165) is 111 Å². The third-order valence-electron chi connectivity index (χ3n) is 12.9. The van der Waals surface area contributed by atoms with Crippen LogP contribution >= 0.6 is 0 Å². The van der Waals surface area contributed by atoms with Gasteiger partial charge >= 0.3 is 0 Å². The summed E-state index contributed by atoms with van der Waals surface area (Å²) in [5.41, 5.74) is 6.80. The standard InChI is InChI=1S/C43H53N13/c1-51-18-22-53(23-19-51)33-10-12-37(47-42-45-27-30-14-16-55(40(30)49-42)32-6-3-4-7-32)36(26-33)35-8-5-9-38(35)56-17-15-31-28-46-43(50-41(31)56)48-39-13-11-34(29-44-39)54-24-20-52(2)21-25-54/h10-17,26-29,32,35,38H,3-9,18-25H2,1-2H3,(H,45,47,49)(H,44,46,48,50). The van der Waals surface area contributed by atoms with Crippen LogP contribution in [-0.4, -0.2) is 110 Å². The van der Waals surface area contributed by atoms with Gasteiger partial charge in [-0.2, -0.15) is 9.97 Å². The molecule has 0 radical (unpaired) electrons. The predicted molar refractivity (Wildman–Crippen MR) is 225 cm³/mol. The second kappa shape index (κ2) is 15.0. The first-order chi connectivity index (χ1) is 27.5. The fourth-order valence-electron chi connectivity index (χ4n) is 9.56. The van der Waals surface area contributed by atoms with Gasteiger partial charge in [0.05, 0.1) is 11.9 Å². The molecule has 2 saturated heterocycles. The van der Waals surface area contributed by atoms with Crippen LogP contribution in [0.1, 0.15) is 68.5 Å². The van der Waals surface area contributed by atoms with Crippen LogP contribution in [0.15, 0.2) is 73.4 Å². The van der Waals surface area contributed by atoms with E-state index in [4.69, 9.17) is 24.9 Å². The number of fused-ring (bicyclic) bond motifs is 2. The Labute approximate surface area is 328 Å². The Hall–Kier alpha value is -5.27. The van der Waals surface area contributed by atoms with Gasteiger partial charge in [-0.15, -0.1) is 0 Å². The lowest BCUT2D eigenvalue weighted by molar-refractivity contribution is 0.313. The molecule has 2 N–H and O–H groups in total. The van der Waals surface area contributed by atoms with Crippen molar-refractivity contribution in [2.24, 2.45) is 0 Å². The van der Waals surface area contributed by atoms with E-state index >= 15 is 0 Å². The fourth-order valence-corrected chi connectivity index (χ4v) is 9.56. The van der Waals surface area contributed by atoms with Crippen LogP contribution in [0.4, 0.5) is 34.8 Å². The SMILES string of the molecule is CN1CCN(c2ccc(Nc3ncc4ccn(C5CCCC5c5cc(N6CCN(C)CC6)ccc5Nc5ncc6ccn(C7CCCC7)c6n5)c4n3)nc2)CC1. The minimum Gasteiger partial charge on any atom is -0.369 e. The maximum atomic E-state index is 5.13. The minimum atomic E-state index is 0.238. The largest absolute Gasteiger partial charge is 0.369 e. The second-order valence-corrected chi connectivity index (χ2v) is 16.4. The lowest BCUT2D eigenvalue weighted by Gasteiger charge is -2.35. The molecule has 4 fully saturated rings. The molecule has 13 nitrogen and oxygen atoms in total. The smallest absolute Gasteiger partial charge is 0.230 e. The van der Waals surface area contributed by atoms with Crippen LogP contribution in [0.5, 0.6) is 0 Å². The number of rotatable bonds is 9. The molecule has 2 aliphatic heterocycles. The first-order valence-electron chi connectivity index (χ1n) is 20.7. The molecule has 7 heterocycles. The lowest BCUT2D eigenvalue weighted by atomic mass is 9.91. The molecular formula is C43H53N13. The van der Waals surface area contributed by atoms with Crippen LogP contribution in [-0.2, 0) is 0 Å². The van der Waals surface area contributed by atoms with E-state index in [1.807, 2.05) is 24.7 Å². The Morgan fingerprint density at radius 2 is 1.20 bits per heavy atom. The summed E-state index contributed by atoms with van der Waals surface area (Å²) in [6.45, 7) is 8.34. The number of pyridine rings is 1. The van der Waals surface area contributed by atoms with Gasteiger partial charge in [-0.3, -0.25) is 0 Å². The number of hydrogen-bond acceptors (Lipinski definition) is 11. The van der Waals surface area contributed by atoms with E-state index in [1.54, 1.807) is 0 Å². The van der Waals surface area contributed by atoms with Gasteiger partial charge in [0.25, 0.3) is 0 Å². The number of nitrogens with one attached hydrogen (secondary N) is 2. The molecule has 4 aliphatic rings. The van der Waals surface area contributed by atoms with Crippen LogP contribution in [0.2, 0.25) is 0 Å². The molecular weight excluding hydrogens is 699 g/mol. The molecule has 2 saturated carbocycles. The van der Waals surface area contributed by atoms with Crippen LogP contribution in [0.3, 0.4) is 0 Å². The zero-order valence-electron chi connectivity index (χ0n) is 32.7. The van der Waals surface area contributed by atoms with Crippen molar-refractivity contribution in [2.75, 3.05) is 86.9 Å². The molecule has 6 aromatic rings. The highest BCUT2D eigenvalue weighted by molar-refractivity contribution is 5.78. The molecule has 2 atom stereocenters. The van der Waals surface area contributed by atoms with Crippen molar-refractivity contribution in [3.05, 3.63) is 79.0 Å². The molecule has 1 aromatic carbocycles. The average molecular weight is 752 g/mol. The summed E-state index contributed by atoms with van der Waals surface area (Å²) in [5.74, 6) is 2.23. The molecule has 0 spiro atoms. The Morgan fingerprint density at radius 3 is 1.88 bits per heavy atom. The highest BCUT2D eigenvalue weighted by Crippen LogP contribution is 2.47. The third-order valence-corrected chi connectivity index (χ3v) is 12.9. The van der Waals surface area contributed by atoms with Gasteiger partial charge in [0.15, 0.2) is 0 Å². The van der Waals surface area contributed by atoms with E-state index in [-0.39, 0.29) is 12.0 Å². The fraction of sp³-hybridized carbons (Fsp3) is 0.465. The summed E-state index contributed by atoms with van der Waals surface area (Å²) in [4.78, 5) is 34.2. The highest BCUT2D eigenvalue weighted by Gasteiger charge is 2.34. The average Bonchev–Trinajstić information content (AvgIpc) is 4.06. The molecule has 2 aliphatic carbocycles. The molecule has 13 heteroatoms. The van der Waals surface area contributed by atoms with Gasteiger partial charge in [-0.25, -0.2) is 15.0 Å². The number of benzene rings is 1. The van der Waals surface area contributed by atoms with E-state index in [9.17, 15) is 0 Å². The Morgan fingerprint density at radius 1 is 0.571 bits per heavy atom. The summed E-state index contributed by atoms with van der Waals surface area (Å²) in [7, 11) is 4.39. The quantitative estimate of drug-likeness (QED) is 0.157. The zero-order valence-corrected chi connectivity index (χ0v) is 32.7. The van der Waals surface area contributed by atoms with Crippen molar-refractivity contribution < 1.29 is 0 Å². The number of likely N-dealkylation sites (N-methyl/N-ethyl adjacent to an activating group) is 2. The number of nitrogens with zero attached hydrogens (tertiary/aromatic N) is 11. The minimum absolute atomic E-state index is 0.238. The Bertz CT molecular complexity index is 2290. The Balaban J connectivity index is 0.950. The maximum absolute atomic E-state index is 5.13. The van der Waals surface area contributed by atoms with Gasteiger partial charge in [0.2, 0.25) is 11.9 Å². The molecule has 2 unspecified atom stereocenters. The van der Waals surface area contributed by atoms with Gasteiger partial charge in [0, 0.05) is 117 Å². The van der Waals surface area contributed by atoms with Gasteiger partial charge in [-0.1, -0.05) is 19.3 Å². The van der Waals surface area contributed by atoms with E-state index in [1.165, 1.54) is 36.9 Å². The molecule has 0 amide bonds. The molecule has 290 valence electrons. The normalized spacial score (nSPS) is 21.5. The second-order valence-electron chi connectivity index (χ2n) is 16.4. The highest BCUT2D eigenvalue weighted by atomic mass is 15.3. The maximum Gasteiger partial charge on any atom is 0.230 e. The van der Waals surface area contributed by atoms with Crippen molar-refractivity contribution in [1.29, 1.82) is 0 Å². The van der Waals surface area contributed by atoms with E-state index < -0.39 is 0 Å². The summed E-state index contributed by atoms with van der Waals surface area (Å²) in [6.07, 6.45) is 18.6. The third kappa shape index (κ3) is 6.91. The zero-order chi connectivity index (χ0) is 37.6. The van der Waals surface area contributed by atoms with Crippen LogP contribution < -0.4 is 20.4 Å². The first-order valence-corrected chi connectivity index (χ1v) is 20.7. The van der Waals surface area contributed by atoms with Crippen molar-refractivity contribution in [2.45, 2.75) is 62.9 Å². The number of anilines is 6. The summed E-state index contributed by atoms with van der Waals surface area (Å²) >= 11 is 0. The van der Waals surface area contributed by atoms with Gasteiger partial charge in [-0.05, 0) is 87.8 Å². The monoisotopic (exact) mass is 751 g/mol. The van der Waals surface area contributed by atoms with E-state index in [0.29, 0.717) is 17.9 Å². The number of aromatic nitrogens is 7. The van der Waals surface area contributed by atoms with Gasteiger partial charge in [0.1, 0.15) is 17.1 Å². The summed E-state index contributed by atoms with van der Waals surface area (Å²) in [6, 6.07) is 16.2. The van der Waals surface area contributed by atoms with Crippen LogP contribution in [0.25, 0.3) is 22.1 Å². The summed E-state index contributed by atoms with van der Waals surface area (Å²) < 4.78 is 4.77. The lowest BCUT2D eigenvalue weighted by Crippen LogP contribution is -2.44. The molecule has 56 heavy (non-hydrogen) atoms. The van der Waals surface area contributed by atoms with Crippen LogP contribution in [0, 0.1) is 0 Å². The number of hydrogen-bond donors (Lipinski definition) is 2. The number of piperazine rings is 2. The summed E-state index contributed by atoms with van der Waals surface area (Å²) in [5, 5.41) is 9.26. The van der Waals surface area contributed by atoms with Crippen molar-refractivity contribution >= 4 is 56.8 Å². The van der Waals surface area contributed by atoms with E-state index in [2.05, 4.69) is 102 Å². The first kappa shape index (κ1) is 35.2. The molecule has 5 aromatic heterocycles. The van der Waals surface area contributed by atoms with Crippen molar-refractivity contribution in [3.63, 3.8) is 0 Å². The molecule has 0 bridgehead atoms. The Kier molecular flexibility index (Phi) is 9.42. The topological polar surface area (TPSA) is 111 Å². The van der Waals surface area contributed by atoms with Crippen molar-refractivity contribution in [3.8, 4) is 0 Å².